The third-order valence-corrected chi connectivity index (χ3v) is 3.09. The van der Waals surface area contributed by atoms with Crippen LogP contribution in [0, 0.1) is 18.6 Å². The lowest BCUT2D eigenvalue weighted by atomic mass is 9.97. The van der Waals surface area contributed by atoms with Crippen molar-refractivity contribution in [3.63, 3.8) is 0 Å². The Hall–Kier alpha value is -1.94. The van der Waals surface area contributed by atoms with Crippen LogP contribution >= 0.6 is 0 Å². The molecule has 2 nitrogen and oxygen atoms in total. The van der Waals surface area contributed by atoms with E-state index in [1.807, 2.05) is 0 Å². The minimum atomic E-state index is -0.708. The Bertz CT molecular complexity index is 599. The zero-order valence-electron chi connectivity index (χ0n) is 10.8. The van der Waals surface area contributed by atoms with E-state index in [0.717, 1.165) is 0 Å². The van der Waals surface area contributed by atoms with Crippen molar-refractivity contribution in [3.8, 4) is 5.75 Å². The van der Waals surface area contributed by atoms with Gasteiger partial charge in [0.2, 0.25) is 0 Å². The zero-order valence-corrected chi connectivity index (χ0v) is 10.8. The number of hydrogen-bond acceptors (Lipinski definition) is 2. The minimum Gasteiger partial charge on any atom is -0.494 e. The van der Waals surface area contributed by atoms with E-state index in [4.69, 9.17) is 10.5 Å². The van der Waals surface area contributed by atoms with Crippen molar-refractivity contribution in [2.24, 2.45) is 5.73 Å². The van der Waals surface area contributed by atoms with E-state index in [1.165, 1.54) is 19.2 Å². The van der Waals surface area contributed by atoms with E-state index in [-0.39, 0.29) is 11.6 Å². The van der Waals surface area contributed by atoms with Crippen molar-refractivity contribution >= 4 is 0 Å². The maximum Gasteiger partial charge on any atom is 0.165 e. The van der Waals surface area contributed by atoms with Crippen LogP contribution in [0.15, 0.2) is 36.4 Å². The van der Waals surface area contributed by atoms with Gasteiger partial charge in [-0.15, -0.1) is 0 Å². The van der Waals surface area contributed by atoms with Crippen LogP contribution in [0.5, 0.6) is 5.75 Å². The fraction of sp³-hybridized carbons (Fsp3) is 0.200. The molecule has 19 heavy (non-hydrogen) atoms. The van der Waals surface area contributed by atoms with E-state index in [2.05, 4.69) is 0 Å². The summed E-state index contributed by atoms with van der Waals surface area (Å²) < 4.78 is 32.5. The first-order chi connectivity index (χ1) is 9.04. The number of hydrogen-bond donors (Lipinski definition) is 1. The van der Waals surface area contributed by atoms with Gasteiger partial charge in [0.05, 0.1) is 13.2 Å². The average Bonchev–Trinajstić information content (AvgIpc) is 2.41. The second kappa shape index (κ2) is 5.36. The summed E-state index contributed by atoms with van der Waals surface area (Å²) in [5, 5.41) is 0. The largest absolute Gasteiger partial charge is 0.494 e. The lowest BCUT2D eigenvalue weighted by Crippen LogP contribution is -2.14. The van der Waals surface area contributed by atoms with Crippen molar-refractivity contribution in [3.05, 3.63) is 64.7 Å². The summed E-state index contributed by atoms with van der Waals surface area (Å²) in [6.07, 6.45) is 0. The van der Waals surface area contributed by atoms with Crippen molar-refractivity contribution in [1.29, 1.82) is 0 Å². The molecule has 0 saturated carbocycles. The molecule has 1 atom stereocenters. The molecule has 0 fully saturated rings. The van der Waals surface area contributed by atoms with E-state index in [1.54, 1.807) is 31.2 Å². The van der Waals surface area contributed by atoms with E-state index < -0.39 is 11.9 Å². The first-order valence-corrected chi connectivity index (χ1v) is 5.88. The highest BCUT2D eigenvalue weighted by Gasteiger charge is 2.16. The number of benzene rings is 2. The topological polar surface area (TPSA) is 35.2 Å². The molecule has 0 radical (unpaired) electrons. The summed E-state index contributed by atoms with van der Waals surface area (Å²) in [6, 6.07) is 8.68. The lowest BCUT2D eigenvalue weighted by Gasteiger charge is -2.15. The van der Waals surface area contributed by atoms with Crippen LogP contribution in [0.2, 0.25) is 0 Å². The van der Waals surface area contributed by atoms with Gasteiger partial charge in [-0.05, 0) is 30.2 Å². The Labute approximate surface area is 110 Å². The van der Waals surface area contributed by atoms with E-state index in [9.17, 15) is 8.78 Å². The van der Waals surface area contributed by atoms with Gasteiger partial charge in [-0.3, -0.25) is 0 Å². The lowest BCUT2D eigenvalue weighted by molar-refractivity contribution is 0.386. The Morgan fingerprint density at radius 3 is 2.53 bits per heavy atom. The van der Waals surface area contributed by atoms with Crippen LogP contribution in [0.4, 0.5) is 8.78 Å². The number of aryl methyl sites for hydroxylation is 1. The van der Waals surface area contributed by atoms with Gasteiger partial charge in [-0.2, -0.15) is 0 Å². The first kappa shape index (κ1) is 13.5. The fourth-order valence-electron chi connectivity index (χ4n) is 1.97. The molecule has 0 amide bonds. The van der Waals surface area contributed by atoms with Gasteiger partial charge < -0.3 is 10.5 Å². The van der Waals surface area contributed by atoms with Gasteiger partial charge in [-0.25, -0.2) is 8.78 Å². The highest BCUT2D eigenvalue weighted by molar-refractivity contribution is 5.38. The number of rotatable bonds is 3. The smallest absolute Gasteiger partial charge is 0.165 e. The highest BCUT2D eigenvalue weighted by atomic mass is 19.1. The Morgan fingerprint density at radius 2 is 1.89 bits per heavy atom. The highest BCUT2D eigenvalue weighted by Crippen LogP contribution is 2.27. The molecule has 4 heteroatoms. The third kappa shape index (κ3) is 2.58. The number of ether oxygens (including phenoxy) is 1. The van der Waals surface area contributed by atoms with Gasteiger partial charge in [0.25, 0.3) is 0 Å². The van der Waals surface area contributed by atoms with Gasteiger partial charge in [0.15, 0.2) is 11.6 Å². The SMILES string of the molecule is COc1ccc(C(N)c2cccc(C)c2F)cc1F. The van der Waals surface area contributed by atoms with Crippen LogP contribution in [-0.4, -0.2) is 7.11 Å². The quantitative estimate of drug-likeness (QED) is 0.921. The van der Waals surface area contributed by atoms with Crippen molar-refractivity contribution < 1.29 is 13.5 Å². The molecular weight excluding hydrogens is 248 g/mol. The molecule has 0 saturated heterocycles. The summed E-state index contributed by atoms with van der Waals surface area (Å²) in [5.41, 5.74) is 7.37. The van der Waals surface area contributed by atoms with Gasteiger partial charge in [0.1, 0.15) is 5.82 Å². The number of halogens is 2. The molecule has 0 aromatic heterocycles. The van der Waals surface area contributed by atoms with E-state index >= 15 is 0 Å². The van der Waals surface area contributed by atoms with Gasteiger partial charge in [-0.1, -0.05) is 24.3 Å². The molecule has 0 aliphatic heterocycles. The second-order valence-electron chi connectivity index (χ2n) is 4.35. The summed E-state index contributed by atoms with van der Waals surface area (Å²) in [7, 11) is 1.39. The molecule has 0 spiro atoms. The van der Waals surface area contributed by atoms with Crippen LogP contribution in [0.1, 0.15) is 22.7 Å². The van der Waals surface area contributed by atoms with Gasteiger partial charge >= 0.3 is 0 Å². The summed E-state index contributed by atoms with van der Waals surface area (Å²) in [6.45, 7) is 1.67. The molecule has 1 unspecified atom stereocenters. The van der Waals surface area contributed by atoms with E-state index in [0.29, 0.717) is 16.7 Å². The average molecular weight is 263 g/mol. The molecule has 0 heterocycles. The number of methoxy groups -OCH3 is 1. The Morgan fingerprint density at radius 1 is 1.16 bits per heavy atom. The Kier molecular flexibility index (Phi) is 3.81. The molecule has 0 aliphatic carbocycles. The molecule has 2 N–H and O–H groups in total. The van der Waals surface area contributed by atoms with Crippen LogP contribution in [-0.2, 0) is 0 Å². The molecule has 100 valence electrons. The second-order valence-corrected chi connectivity index (χ2v) is 4.35. The fourth-order valence-corrected chi connectivity index (χ4v) is 1.97. The standard InChI is InChI=1S/C15H15F2NO/c1-9-4-3-5-11(14(9)17)15(18)10-6-7-13(19-2)12(16)8-10/h3-8,15H,18H2,1-2H3. The third-order valence-electron chi connectivity index (χ3n) is 3.09. The normalized spacial score (nSPS) is 12.3. The molecular formula is C15H15F2NO. The van der Waals surface area contributed by atoms with Crippen LogP contribution in [0.3, 0.4) is 0 Å². The molecule has 2 aromatic rings. The van der Waals surface area contributed by atoms with Crippen molar-refractivity contribution in [1.82, 2.24) is 0 Å². The predicted molar refractivity (Wildman–Crippen MR) is 70.1 cm³/mol. The summed E-state index contributed by atoms with van der Waals surface area (Å²) >= 11 is 0. The minimum absolute atomic E-state index is 0.140. The molecule has 2 rings (SSSR count). The molecule has 0 bridgehead atoms. The van der Waals surface area contributed by atoms with Crippen molar-refractivity contribution in [2.75, 3.05) is 7.11 Å². The Balaban J connectivity index is 2.41. The maximum absolute atomic E-state index is 14.0. The number of nitrogens with two attached hydrogens (primary N) is 1. The monoisotopic (exact) mass is 263 g/mol. The summed E-state index contributed by atoms with van der Waals surface area (Å²) in [5.74, 6) is -0.726. The first-order valence-electron chi connectivity index (χ1n) is 5.88. The zero-order chi connectivity index (χ0) is 14.0. The van der Waals surface area contributed by atoms with Gasteiger partial charge in [0, 0.05) is 5.56 Å². The van der Waals surface area contributed by atoms with Crippen LogP contribution < -0.4 is 10.5 Å². The summed E-state index contributed by atoms with van der Waals surface area (Å²) in [4.78, 5) is 0. The molecule has 2 aromatic carbocycles. The molecule has 0 aliphatic rings. The van der Waals surface area contributed by atoms with Crippen molar-refractivity contribution in [2.45, 2.75) is 13.0 Å². The maximum atomic E-state index is 14.0. The van der Waals surface area contributed by atoms with Crippen LogP contribution in [0.25, 0.3) is 0 Å². The predicted octanol–water partition coefficient (Wildman–Crippen LogP) is 3.33.